The van der Waals surface area contributed by atoms with Crippen molar-refractivity contribution >= 4 is 17.5 Å². The summed E-state index contributed by atoms with van der Waals surface area (Å²) in [5.74, 6) is 1.15. The largest absolute Gasteiger partial charge is 0.293 e. The van der Waals surface area contributed by atoms with Crippen LogP contribution in [-0.2, 0) is 0 Å². The maximum Gasteiger partial charge on any atom is 0.209 e. The zero-order chi connectivity index (χ0) is 17.1. The summed E-state index contributed by atoms with van der Waals surface area (Å²) in [7, 11) is 0. The summed E-state index contributed by atoms with van der Waals surface area (Å²) in [5, 5.41) is 7.69. The van der Waals surface area contributed by atoms with Gasteiger partial charge in [-0.1, -0.05) is 48.2 Å². The maximum absolute atomic E-state index is 12.5. The molecule has 0 radical (unpaired) electrons. The molecule has 0 amide bonds. The van der Waals surface area contributed by atoms with Gasteiger partial charge in [0.15, 0.2) is 11.6 Å². The predicted octanol–water partition coefficient (Wildman–Crippen LogP) is 4.37. The molecule has 1 aromatic heterocycles. The molecule has 3 rings (SSSR count). The van der Waals surface area contributed by atoms with Crippen LogP contribution >= 0.6 is 11.8 Å². The minimum atomic E-state index is 0.103. The van der Waals surface area contributed by atoms with Crippen LogP contribution in [0.1, 0.15) is 27.0 Å². The third-order valence-corrected chi connectivity index (χ3v) is 4.83. The van der Waals surface area contributed by atoms with E-state index < -0.39 is 0 Å². The van der Waals surface area contributed by atoms with Gasteiger partial charge in [-0.15, -0.1) is 5.10 Å². The lowest BCUT2D eigenvalue weighted by Gasteiger charge is -2.08. The van der Waals surface area contributed by atoms with E-state index in [1.807, 2.05) is 50.2 Å². The number of nitrogens with zero attached hydrogens (tertiary/aromatic N) is 2. The number of ketones is 1. The summed E-state index contributed by atoms with van der Waals surface area (Å²) in [4.78, 5) is 16.9. The molecule has 0 bridgehead atoms. The quantitative estimate of drug-likeness (QED) is 0.555. The molecule has 0 saturated heterocycles. The smallest absolute Gasteiger partial charge is 0.209 e. The molecule has 122 valence electrons. The number of benzene rings is 2. The van der Waals surface area contributed by atoms with Crippen LogP contribution in [0.15, 0.2) is 47.6 Å². The number of aromatic nitrogens is 3. The van der Waals surface area contributed by atoms with E-state index in [0.29, 0.717) is 16.7 Å². The molecule has 0 aliphatic carbocycles. The number of aromatic amines is 1. The monoisotopic (exact) mass is 337 g/mol. The summed E-state index contributed by atoms with van der Waals surface area (Å²) in [6.07, 6.45) is 0. The Morgan fingerprint density at radius 3 is 2.50 bits per heavy atom. The molecule has 1 heterocycles. The third-order valence-electron chi connectivity index (χ3n) is 3.99. The number of nitrogens with one attached hydrogen (secondary N) is 1. The van der Waals surface area contributed by atoms with Crippen LogP contribution < -0.4 is 0 Å². The Morgan fingerprint density at radius 1 is 1.04 bits per heavy atom. The van der Waals surface area contributed by atoms with Crippen LogP contribution in [0, 0.1) is 20.8 Å². The molecule has 0 atom stereocenters. The van der Waals surface area contributed by atoms with E-state index >= 15 is 0 Å². The molecular weight excluding hydrogens is 318 g/mol. The summed E-state index contributed by atoms with van der Waals surface area (Å²) < 4.78 is 0. The zero-order valence-corrected chi connectivity index (χ0v) is 14.8. The minimum Gasteiger partial charge on any atom is -0.293 e. The first kappa shape index (κ1) is 16.5. The fraction of sp³-hybridized carbons (Fsp3) is 0.211. The second-order valence-corrected chi connectivity index (χ2v) is 6.74. The van der Waals surface area contributed by atoms with Crippen LogP contribution in [0.4, 0.5) is 0 Å². The number of thioether (sulfide) groups is 1. The van der Waals surface area contributed by atoms with Crippen LogP contribution in [0.25, 0.3) is 11.4 Å². The third kappa shape index (κ3) is 3.57. The van der Waals surface area contributed by atoms with Crippen molar-refractivity contribution in [2.45, 2.75) is 25.9 Å². The van der Waals surface area contributed by atoms with Gasteiger partial charge in [0.2, 0.25) is 5.16 Å². The fourth-order valence-electron chi connectivity index (χ4n) is 2.50. The van der Waals surface area contributed by atoms with E-state index in [1.165, 1.54) is 17.3 Å². The molecule has 0 unspecified atom stereocenters. The van der Waals surface area contributed by atoms with Gasteiger partial charge in [-0.25, -0.2) is 4.98 Å². The number of hydrogen-bond donors (Lipinski definition) is 1. The van der Waals surface area contributed by atoms with E-state index in [9.17, 15) is 4.79 Å². The van der Waals surface area contributed by atoms with Gasteiger partial charge in [-0.05, 0) is 43.5 Å². The lowest BCUT2D eigenvalue weighted by molar-refractivity contribution is 0.102. The van der Waals surface area contributed by atoms with Crippen molar-refractivity contribution in [1.29, 1.82) is 0 Å². The zero-order valence-electron chi connectivity index (χ0n) is 14.0. The summed E-state index contributed by atoms with van der Waals surface area (Å²) in [6, 6.07) is 13.8. The minimum absolute atomic E-state index is 0.103. The van der Waals surface area contributed by atoms with Gasteiger partial charge in [0, 0.05) is 11.1 Å². The highest BCUT2D eigenvalue weighted by Gasteiger charge is 2.13. The van der Waals surface area contributed by atoms with Gasteiger partial charge in [-0.3, -0.25) is 9.89 Å². The molecule has 2 aromatic carbocycles. The highest BCUT2D eigenvalue weighted by Crippen LogP contribution is 2.22. The fourth-order valence-corrected chi connectivity index (χ4v) is 3.19. The summed E-state index contributed by atoms with van der Waals surface area (Å²) >= 11 is 1.35. The number of aryl methyl sites for hydroxylation is 3. The Hall–Kier alpha value is -2.40. The first-order valence-corrected chi connectivity index (χ1v) is 8.75. The number of Topliss-reactive ketones (excluding diaryl/α,β-unsaturated/α-hetero) is 1. The molecule has 3 aromatic rings. The Labute approximate surface area is 145 Å². The van der Waals surface area contributed by atoms with Crippen molar-refractivity contribution in [3.8, 4) is 11.4 Å². The van der Waals surface area contributed by atoms with Crippen molar-refractivity contribution in [2.75, 3.05) is 5.75 Å². The molecule has 0 saturated carbocycles. The van der Waals surface area contributed by atoms with E-state index in [1.54, 1.807) is 0 Å². The van der Waals surface area contributed by atoms with Gasteiger partial charge in [-0.2, -0.15) is 0 Å². The first-order valence-electron chi connectivity index (χ1n) is 7.76. The highest BCUT2D eigenvalue weighted by molar-refractivity contribution is 7.99. The molecule has 0 aliphatic rings. The standard InChI is InChI=1S/C19H19N3OS/c1-12-9-14(3)16(10-13(12)2)17(23)11-24-19-20-18(21-22-19)15-7-5-4-6-8-15/h4-10H,11H2,1-3H3,(H,20,21,22). The van der Waals surface area contributed by atoms with E-state index in [2.05, 4.69) is 28.2 Å². The number of rotatable bonds is 5. The summed E-state index contributed by atoms with van der Waals surface area (Å²) in [6.45, 7) is 6.06. The Morgan fingerprint density at radius 2 is 1.75 bits per heavy atom. The normalized spacial score (nSPS) is 10.8. The first-order chi connectivity index (χ1) is 11.5. The van der Waals surface area contributed by atoms with E-state index in [0.717, 1.165) is 22.3 Å². The van der Waals surface area contributed by atoms with Gasteiger partial charge in [0.05, 0.1) is 5.75 Å². The Balaban J connectivity index is 1.69. The van der Waals surface area contributed by atoms with Gasteiger partial charge >= 0.3 is 0 Å². The second-order valence-electron chi connectivity index (χ2n) is 5.80. The molecule has 4 nitrogen and oxygen atoms in total. The number of hydrogen-bond acceptors (Lipinski definition) is 4. The molecular formula is C19H19N3OS. The van der Waals surface area contributed by atoms with Gasteiger partial charge in [0.25, 0.3) is 0 Å². The Bertz CT molecular complexity index is 872. The van der Waals surface area contributed by atoms with E-state index in [4.69, 9.17) is 0 Å². The van der Waals surface area contributed by atoms with Crippen LogP contribution in [0.3, 0.4) is 0 Å². The van der Waals surface area contributed by atoms with Crippen molar-refractivity contribution in [3.63, 3.8) is 0 Å². The molecule has 24 heavy (non-hydrogen) atoms. The lowest BCUT2D eigenvalue weighted by Crippen LogP contribution is -2.06. The highest BCUT2D eigenvalue weighted by atomic mass is 32.2. The lowest BCUT2D eigenvalue weighted by atomic mass is 9.99. The molecule has 0 spiro atoms. The van der Waals surface area contributed by atoms with Crippen LogP contribution in [0.5, 0.6) is 0 Å². The number of carbonyl (C=O) groups is 1. The van der Waals surface area contributed by atoms with Crippen LogP contribution in [-0.4, -0.2) is 26.7 Å². The average Bonchev–Trinajstić information content (AvgIpc) is 3.06. The molecule has 1 N–H and O–H groups in total. The van der Waals surface area contributed by atoms with Crippen molar-refractivity contribution in [2.24, 2.45) is 0 Å². The predicted molar refractivity (Wildman–Crippen MR) is 97.5 cm³/mol. The maximum atomic E-state index is 12.5. The average molecular weight is 337 g/mol. The van der Waals surface area contributed by atoms with E-state index in [-0.39, 0.29) is 5.78 Å². The van der Waals surface area contributed by atoms with Gasteiger partial charge < -0.3 is 0 Å². The molecule has 5 heteroatoms. The topological polar surface area (TPSA) is 58.6 Å². The van der Waals surface area contributed by atoms with Crippen molar-refractivity contribution < 1.29 is 4.79 Å². The Kier molecular flexibility index (Phi) is 4.81. The van der Waals surface area contributed by atoms with Gasteiger partial charge in [0.1, 0.15) is 0 Å². The molecule has 0 aliphatic heterocycles. The second kappa shape index (κ2) is 7.01. The number of H-pyrrole nitrogens is 1. The van der Waals surface area contributed by atoms with Crippen molar-refractivity contribution in [3.05, 3.63) is 64.7 Å². The molecule has 0 fully saturated rings. The van der Waals surface area contributed by atoms with Crippen molar-refractivity contribution in [1.82, 2.24) is 15.2 Å². The summed E-state index contributed by atoms with van der Waals surface area (Å²) in [5.41, 5.74) is 5.12. The van der Waals surface area contributed by atoms with Crippen LogP contribution in [0.2, 0.25) is 0 Å². The number of carbonyl (C=O) groups excluding carboxylic acids is 1. The SMILES string of the molecule is Cc1cc(C)c(C(=O)CSc2n[nH]c(-c3ccccc3)n2)cc1C.